The van der Waals surface area contributed by atoms with Crippen LogP contribution in [0.2, 0.25) is 0 Å². The monoisotopic (exact) mass is 430 g/mol. The van der Waals surface area contributed by atoms with Crippen LogP contribution in [0.3, 0.4) is 0 Å². The van der Waals surface area contributed by atoms with Crippen molar-refractivity contribution in [1.29, 1.82) is 0 Å². The summed E-state index contributed by atoms with van der Waals surface area (Å²) in [5.74, 6) is -0.322. The number of anilines is 2. The van der Waals surface area contributed by atoms with Crippen LogP contribution in [0, 0.1) is 6.92 Å². The molecule has 3 aromatic carbocycles. The van der Waals surface area contributed by atoms with Crippen molar-refractivity contribution in [2.75, 3.05) is 23.3 Å². The lowest BCUT2D eigenvalue weighted by molar-refractivity contribution is -0.115. The minimum Gasteiger partial charge on any atom is -0.337 e. The number of aryl methyl sites for hydroxylation is 1. The summed E-state index contributed by atoms with van der Waals surface area (Å²) in [6.07, 6.45) is 0. The average molecular weight is 431 g/mol. The van der Waals surface area contributed by atoms with Crippen LogP contribution >= 0.6 is 0 Å². The number of carbonyl (C=O) groups excluding carboxylic acids is 3. The number of nitrogens with zero attached hydrogens (tertiary/aromatic N) is 1. The molecule has 0 spiro atoms. The van der Waals surface area contributed by atoms with E-state index in [1.165, 1.54) is 5.39 Å². The van der Waals surface area contributed by atoms with Gasteiger partial charge in [0.05, 0.1) is 12.2 Å². The Morgan fingerprint density at radius 1 is 1.03 bits per heavy atom. The lowest BCUT2D eigenvalue weighted by Crippen LogP contribution is -2.39. The first-order valence-corrected chi connectivity index (χ1v) is 10.5. The first kappa shape index (κ1) is 21.4. The molecule has 32 heavy (non-hydrogen) atoms. The number of benzene rings is 3. The third-order valence-electron chi connectivity index (χ3n) is 5.77. The van der Waals surface area contributed by atoms with Gasteiger partial charge >= 0.3 is 12.1 Å². The van der Waals surface area contributed by atoms with Crippen LogP contribution in [-0.2, 0) is 10.2 Å². The first-order chi connectivity index (χ1) is 15.2. The summed E-state index contributed by atoms with van der Waals surface area (Å²) in [6, 6.07) is 18.8. The minimum atomic E-state index is -0.461. The van der Waals surface area contributed by atoms with Crippen molar-refractivity contribution in [3.8, 4) is 0 Å². The van der Waals surface area contributed by atoms with Gasteiger partial charge in [-0.05, 0) is 41.0 Å². The second kappa shape index (κ2) is 8.34. The van der Waals surface area contributed by atoms with Crippen molar-refractivity contribution in [2.24, 2.45) is 0 Å². The van der Waals surface area contributed by atoms with Gasteiger partial charge in [0.15, 0.2) is 0 Å². The molecule has 1 saturated heterocycles. The highest BCUT2D eigenvalue weighted by Gasteiger charge is 2.31. The first-order valence-electron chi connectivity index (χ1n) is 10.5. The molecule has 0 bridgehead atoms. The van der Waals surface area contributed by atoms with Gasteiger partial charge in [-0.2, -0.15) is 0 Å². The van der Waals surface area contributed by atoms with Gasteiger partial charge < -0.3 is 16.0 Å². The molecule has 7 heteroatoms. The Kier molecular flexibility index (Phi) is 5.57. The fraction of sp³-hybridized carbons (Fsp3) is 0.240. The Balaban J connectivity index is 1.44. The Hall–Kier alpha value is -3.87. The standard InChI is InChI=1S/C25H26N4O3/c1-16-8-11-20(13-21(16)29-22(30)14-26-24(29)32)28-23(31)27-15-25(2,3)19-10-9-17-6-4-5-7-18(17)12-19/h4-13H,14-15H2,1-3H3,(H,26,32)(H2,27,28,31). The van der Waals surface area contributed by atoms with Crippen LogP contribution in [0.15, 0.2) is 60.7 Å². The molecule has 0 saturated carbocycles. The number of fused-ring (bicyclic) bond motifs is 1. The van der Waals surface area contributed by atoms with Gasteiger partial charge in [0.25, 0.3) is 5.91 Å². The molecule has 0 aliphatic carbocycles. The summed E-state index contributed by atoms with van der Waals surface area (Å²) < 4.78 is 0. The quantitative estimate of drug-likeness (QED) is 0.527. The van der Waals surface area contributed by atoms with E-state index in [1.54, 1.807) is 18.2 Å². The summed E-state index contributed by atoms with van der Waals surface area (Å²) in [4.78, 5) is 37.7. The lowest BCUT2D eigenvalue weighted by atomic mass is 9.83. The number of hydrogen-bond donors (Lipinski definition) is 3. The van der Waals surface area contributed by atoms with Crippen molar-refractivity contribution in [2.45, 2.75) is 26.2 Å². The fourth-order valence-electron chi connectivity index (χ4n) is 3.78. The van der Waals surface area contributed by atoms with Crippen LogP contribution in [0.25, 0.3) is 10.8 Å². The zero-order valence-electron chi connectivity index (χ0n) is 18.4. The molecular formula is C25H26N4O3. The SMILES string of the molecule is Cc1ccc(NC(=O)NCC(C)(C)c2ccc3ccccc3c2)cc1N1C(=O)CNC1=O. The van der Waals surface area contributed by atoms with Crippen LogP contribution < -0.4 is 20.9 Å². The summed E-state index contributed by atoms with van der Waals surface area (Å²) in [6.45, 7) is 6.38. The Bertz CT molecular complexity index is 1200. The van der Waals surface area contributed by atoms with Gasteiger partial charge in [-0.1, -0.05) is 62.4 Å². The van der Waals surface area contributed by atoms with Crippen molar-refractivity contribution in [1.82, 2.24) is 10.6 Å². The molecule has 0 aromatic heterocycles. The van der Waals surface area contributed by atoms with Crippen LogP contribution in [0.1, 0.15) is 25.0 Å². The predicted molar refractivity (Wildman–Crippen MR) is 126 cm³/mol. The Morgan fingerprint density at radius 3 is 2.50 bits per heavy atom. The smallest absolute Gasteiger partial charge is 0.329 e. The van der Waals surface area contributed by atoms with Gasteiger partial charge in [0, 0.05) is 17.6 Å². The molecular weight excluding hydrogens is 404 g/mol. The zero-order valence-corrected chi connectivity index (χ0v) is 18.4. The van der Waals surface area contributed by atoms with E-state index in [9.17, 15) is 14.4 Å². The number of amides is 5. The van der Waals surface area contributed by atoms with Gasteiger partial charge in [-0.25, -0.2) is 14.5 Å². The van der Waals surface area contributed by atoms with Crippen molar-refractivity contribution >= 4 is 40.1 Å². The second-order valence-corrected chi connectivity index (χ2v) is 8.64. The molecule has 1 fully saturated rings. The van der Waals surface area contributed by atoms with Gasteiger partial charge in [-0.15, -0.1) is 0 Å². The summed E-state index contributed by atoms with van der Waals surface area (Å²) in [5.41, 5.74) is 2.57. The van der Waals surface area contributed by atoms with E-state index in [4.69, 9.17) is 0 Å². The van der Waals surface area contributed by atoms with Gasteiger partial charge in [0.1, 0.15) is 0 Å². The predicted octanol–water partition coefficient (Wildman–Crippen LogP) is 4.30. The molecule has 3 aromatic rings. The third-order valence-corrected chi connectivity index (χ3v) is 5.77. The van der Waals surface area contributed by atoms with E-state index in [0.717, 1.165) is 21.4 Å². The van der Waals surface area contributed by atoms with Crippen molar-refractivity contribution in [3.05, 3.63) is 71.8 Å². The van der Waals surface area contributed by atoms with E-state index in [2.05, 4.69) is 60.1 Å². The maximum absolute atomic E-state index is 12.6. The van der Waals surface area contributed by atoms with Crippen LogP contribution in [0.4, 0.5) is 21.0 Å². The highest BCUT2D eigenvalue weighted by molar-refractivity contribution is 6.20. The van der Waals surface area contributed by atoms with Gasteiger partial charge in [-0.3, -0.25) is 4.79 Å². The number of urea groups is 2. The molecule has 7 nitrogen and oxygen atoms in total. The third kappa shape index (κ3) is 4.27. The Morgan fingerprint density at radius 2 is 1.78 bits per heavy atom. The van der Waals surface area contributed by atoms with Crippen LogP contribution in [-0.4, -0.2) is 31.1 Å². The fourth-order valence-corrected chi connectivity index (χ4v) is 3.78. The minimum absolute atomic E-state index is 0.0275. The molecule has 3 N–H and O–H groups in total. The molecule has 4 rings (SSSR count). The van der Waals surface area contributed by atoms with E-state index in [1.807, 2.05) is 19.1 Å². The largest absolute Gasteiger partial charge is 0.337 e. The number of nitrogens with one attached hydrogen (secondary N) is 3. The normalized spacial score (nSPS) is 13.9. The molecule has 164 valence electrons. The van der Waals surface area contributed by atoms with E-state index in [0.29, 0.717) is 17.9 Å². The molecule has 0 atom stereocenters. The molecule has 5 amide bonds. The summed E-state index contributed by atoms with van der Waals surface area (Å²) in [7, 11) is 0. The average Bonchev–Trinajstić information content (AvgIpc) is 3.11. The second-order valence-electron chi connectivity index (χ2n) is 8.64. The maximum Gasteiger partial charge on any atom is 0.329 e. The summed E-state index contributed by atoms with van der Waals surface area (Å²) in [5, 5.41) is 10.6. The number of carbonyl (C=O) groups is 3. The van der Waals surface area contributed by atoms with Crippen molar-refractivity contribution in [3.63, 3.8) is 0 Å². The molecule has 0 unspecified atom stereocenters. The number of rotatable bonds is 5. The zero-order chi connectivity index (χ0) is 22.9. The van der Waals surface area contributed by atoms with Crippen molar-refractivity contribution < 1.29 is 14.4 Å². The molecule has 1 aliphatic rings. The maximum atomic E-state index is 12.6. The Labute approximate surface area is 186 Å². The molecule has 1 heterocycles. The number of hydrogen-bond acceptors (Lipinski definition) is 3. The van der Waals surface area contributed by atoms with Gasteiger partial charge in [0.2, 0.25) is 0 Å². The van der Waals surface area contributed by atoms with Crippen LogP contribution in [0.5, 0.6) is 0 Å². The van der Waals surface area contributed by atoms with E-state index in [-0.39, 0.29) is 23.9 Å². The highest BCUT2D eigenvalue weighted by atomic mass is 16.2. The topological polar surface area (TPSA) is 90.5 Å². The van der Waals surface area contributed by atoms with E-state index < -0.39 is 6.03 Å². The number of imide groups is 1. The molecule has 0 radical (unpaired) electrons. The lowest BCUT2D eigenvalue weighted by Gasteiger charge is -2.26. The molecule has 1 aliphatic heterocycles. The van der Waals surface area contributed by atoms with E-state index >= 15 is 0 Å². The highest BCUT2D eigenvalue weighted by Crippen LogP contribution is 2.27. The summed E-state index contributed by atoms with van der Waals surface area (Å²) >= 11 is 0.